The minimum atomic E-state index is -0.574. The van der Waals surface area contributed by atoms with Gasteiger partial charge in [0, 0.05) is 65.9 Å². The van der Waals surface area contributed by atoms with Gasteiger partial charge in [0.25, 0.3) is 0 Å². The number of benzene rings is 2. The number of urea groups is 1. The Labute approximate surface area is 160 Å². The number of rotatable bonds is 3. The first-order valence-electron chi connectivity index (χ1n) is 9.20. The molecule has 2 amide bonds. The van der Waals surface area contributed by atoms with Gasteiger partial charge in [-0.25, -0.2) is 13.6 Å². The monoisotopic (exact) mass is 380 g/mol. The number of carbonyl (C=O) groups excluding carboxylic acids is 1. The van der Waals surface area contributed by atoms with Gasteiger partial charge in [0.05, 0.1) is 5.69 Å². The van der Waals surface area contributed by atoms with E-state index in [0.29, 0.717) is 30.6 Å². The molecule has 1 aromatic heterocycles. The summed E-state index contributed by atoms with van der Waals surface area (Å²) in [6, 6.07) is 11.0. The van der Waals surface area contributed by atoms with E-state index >= 15 is 0 Å². The molecule has 1 saturated carbocycles. The molecular formula is C21H18F2N4O. The number of anilines is 2. The third-order valence-electron chi connectivity index (χ3n) is 5.63. The van der Waals surface area contributed by atoms with Gasteiger partial charge in [-0.05, 0) is 24.3 Å². The molecule has 3 aromatic rings. The summed E-state index contributed by atoms with van der Waals surface area (Å²) >= 11 is 0. The number of piperidine rings is 1. The van der Waals surface area contributed by atoms with E-state index in [0.717, 1.165) is 22.5 Å². The van der Waals surface area contributed by atoms with Gasteiger partial charge >= 0.3 is 6.03 Å². The molecule has 7 heteroatoms. The highest BCUT2D eigenvalue weighted by Crippen LogP contribution is 2.47. The summed E-state index contributed by atoms with van der Waals surface area (Å²) < 4.78 is 26.8. The van der Waals surface area contributed by atoms with Crippen molar-refractivity contribution in [3.8, 4) is 0 Å². The van der Waals surface area contributed by atoms with Crippen molar-refractivity contribution in [2.75, 3.05) is 23.3 Å². The van der Waals surface area contributed by atoms with Gasteiger partial charge in [0.2, 0.25) is 0 Å². The Hall–Kier alpha value is -3.22. The number of carbonyl (C=O) groups is 1. The third kappa shape index (κ3) is 3.02. The predicted octanol–water partition coefficient (Wildman–Crippen LogP) is 3.77. The Balaban J connectivity index is 1.21. The van der Waals surface area contributed by atoms with Crippen LogP contribution in [0.4, 0.5) is 25.0 Å². The first-order valence-corrected chi connectivity index (χ1v) is 9.20. The lowest BCUT2D eigenvalue weighted by Gasteiger charge is -2.22. The number of aromatic nitrogens is 1. The summed E-state index contributed by atoms with van der Waals surface area (Å²) in [5.74, 6) is -0.549. The maximum Gasteiger partial charge on any atom is 0.319 e. The maximum absolute atomic E-state index is 13.4. The Morgan fingerprint density at radius 2 is 1.82 bits per heavy atom. The average Bonchev–Trinajstić information content (AvgIpc) is 3.10. The van der Waals surface area contributed by atoms with Crippen molar-refractivity contribution in [3.05, 3.63) is 66.5 Å². The van der Waals surface area contributed by atoms with Crippen molar-refractivity contribution in [2.45, 2.75) is 6.04 Å². The molecule has 0 bridgehead atoms. The minimum Gasteiger partial charge on any atom is -0.371 e. The molecule has 2 aliphatic rings. The van der Waals surface area contributed by atoms with Crippen LogP contribution in [0.5, 0.6) is 0 Å². The number of nitrogens with zero attached hydrogens (tertiary/aromatic N) is 2. The van der Waals surface area contributed by atoms with Crippen molar-refractivity contribution >= 4 is 28.2 Å². The standard InChI is InChI=1S/C21H18F2N4O/c22-13-6-14(23)8-15(7-13)27-10-17-18(11-27)20(17)26-21(28)25-19-3-1-2-12-9-24-5-4-16(12)19/h1-9,17-18,20H,10-11H2,(H2,25,26,28). The van der Waals surface area contributed by atoms with Gasteiger partial charge in [-0.15, -0.1) is 0 Å². The summed E-state index contributed by atoms with van der Waals surface area (Å²) in [6.07, 6.45) is 3.45. The van der Waals surface area contributed by atoms with Crippen LogP contribution in [0.3, 0.4) is 0 Å². The number of halogens is 2. The molecule has 1 saturated heterocycles. The average molecular weight is 380 g/mol. The Morgan fingerprint density at radius 3 is 2.57 bits per heavy atom. The molecule has 1 aliphatic carbocycles. The third-order valence-corrected chi connectivity index (χ3v) is 5.63. The molecule has 5 nitrogen and oxygen atoms in total. The number of nitrogens with one attached hydrogen (secondary N) is 2. The number of pyridine rings is 1. The van der Waals surface area contributed by atoms with Crippen molar-refractivity contribution in [2.24, 2.45) is 11.8 Å². The van der Waals surface area contributed by atoms with Crippen LogP contribution in [0.2, 0.25) is 0 Å². The summed E-state index contributed by atoms with van der Waals surface area (Å²) in [5.41, 5.74) is 1.29. The lowest BCUT2D eigenvalue weighted by molar-refractivity contribution is 0.250. The molecule has 2 heterocycles. The number of amides is 2. The number of hydrogen-bond acceptors (Lipinski definition) is 3. The zero-order chi connectivity index (χ0) is 19.3. The second kappa shape index (κ2) is 6.44. The molecule has 2 unspecified atom stereocenters. The summed E-state index contributed by atoms with van der Waals surface area (Å²) in [4.78, 5) is 18.5. The SMILES string of the molecule is O=C(Nc1cccc2cnccc12)NC1C2CN(c3cc(F)cc(F)c3)CC21. The van der Waals surface area contributed by atoms with Crippen molar-refractivity contribution in [1.82, 2.24) is 10.3 Å². The molecule has 0 radical (unpaired) electrons. The second-order valence-electron chi connectivity index (χ2n) is 7.39. The second-order valence-corrected chi connectivity index (χ2v) is 7.39. The predicted molar refractivity (Wildman–Crippen MR) is 103 cm³/mol. The van der Waals surface area contributed by atoms with Gasteiger partial charge in [0.15, 0.2) is 0 Å². The molecule has 28 heavy (non-hydrogen) atoms. The quantitative estimate of drug-likeness (QED) is 0.727. The fourth-order valence-corrected chi connectivity index (χ4v) is 4.21. The van der Waals surface area contributed by atoms with Gasteiger partial charge in [-0.2, -0.15) is 0 Å². The van der Waals surface area contributed by atoms with Crippen molar-refractivity contribution < 1.29 is 13.6 Å². The molecule has 2 atom stereocenters. The van der Waals surface area contributed by atoms with Crippen LogP contribution >= 0.6 is 0 Å². The molecular weight excluding hydrogens is 362 g/mol. The summed E-state index contributed by atoms with van der Waals surface area (Å²) in [5, 5.41) is 7.83. The van der Waals surface area contributed by atoms with Crippen molar-refractivity contribution in [1.29, 1.82) is 0 Å². The highest BCUT2D eigenvalue weighted by atomic mass is 19.1. The number of hydrogen-bond donors (Lipinski definition) is 2. The first kappa shape index (κ1) is 16.9. The van der Waals surface area contributed by atoms with Crippen LogP contribution in [0.15, 0.2) is 54.9 Å². The Morgan fingerprint density at radius 1 is 1.07 bits per heavy atom. The largest absolute Gasteiger partial charge is 0.371 e. The maximum atomic E-state index is 13.4. The van der Waals surface area contributed by atoms with Crippen LogP contribution in [0.25, 0.3) is 10.8 Å². The van der Waals surface area contributed by atoms with Crippen LogP contribution in [0, 0.1) is 23.5 Å². The van der Waals surface area contributed by atoms with Gasteiger partial charge in [0.1, 0.15) is 11.6 Å². The zero-order valence-corrected chi connectivity index (χ0v) is 14.9. The van der Waals surface area contributed by atoms with E-state index in [1.807, 2.05) is 29.2 Å². The van der Waals surface area contributed by atoms with Crippen LogP contribution in [-0.4, -0.2) is 30.1 Å². The smallest absolute Gasteiger partial charge is 0.319 e. The van der Waals surface area contributed by atoms with Crippen LogP contribution < -0.4 is 15.5 Å². The fourth-order valence-electron chi connectivity index (χ4n) is 4.21. The van der Waals surface area contributed by atoms with E-state index in [-0.39, 0.29) is 12.1 Å². The highest BCUT2D eigenvalue weighted by Gasteiger charge is 2.56. The van der Waals surface area contributed by atoms with E-state index < -0.39 is 11.6 Å². The van der Waals surface area contributed by atoms with Gasteiger partial charge < -0.3 is 15.5 Å². The topological polar surface area (TPSA) is 57.3 Å². The minimum absolute atomic E-state index is 0.0892. The van der Waals surface area contributed by atoms with E-state index in [4.69, 9.17) is 0 Å². The molecule has 2 aromatic carbocycles. The number of fused-ring (bicyclic) bond motifs is 2. The lowest BCUT2D eigenvalue weighted by atomic mass is 10.1. The zero-order valence-electron chi connectivity index (χ0n) is 14.9. The van der Waals surface area contributed by atoms with Gasteiger partial charge in [-0.1, -0.05) is 12.1 Å². The normalized spacial score (nSPS) is 22.8. The molecule has 2 N–H and O–H groups in total. The highest BCUT2D eigenvalue weighted by molar-refractivity contribution is 6.01. The van der Waals surface area contributed by atoms with Gasteiger partial charge in [-0.3, -0.25) is 4.98 Å². The van der Waals surface area contributed by atoms with E-state index in [1.54, 1.807) is 12.4 Å². The van der Waals surface area contributed by atoms with Crippen LogP contribution in [-0.2, 0) is 0 Å². The molecule has 2 fully saturated rings. The molecule has 1 aliphatic heterocycles. The summed E-state index contributed by atoms with van der Waals surface area (Å²) in [7, 11) is 0. The van der Waals surface area contributed by atoms with E-state index in [9.17, 15) is 13.6 Å². The Bertz CT molecular complexity index is 1040. The molecule has 5 rings (SSSR count). The van der Waals surface area contributed by atoms with Crippen molar-refractivity contribution in [3.63, 3.8) is 0 Å². The lowest BCUT2D eigenvalue weighted by Crippen LogP contribution is -2.37. The van der Waals surface area contributed by atoms with Crippen LogP contribution in [0.1, 0.15) is 0 Å². The first-order chi connectivity index (χ1) is 13.6. The fraction of sp³-hybridized carbons (Fsp3) is 0.238. The van der Waals surface area contributed by atoms with E-state index in [1.165, 1.54) is 12.1 Å². The summed E-state index contributed by atoms with van der Waals surface area (Å²) in [6.45, 7) is 1.36. The molecule has 0 spiro atoms. The Kier molecular flexibility index (Phi) is 3.89. The molecule has 142 valence electrons. The van der Waals surface area contributed by atoms with E-state index in [2.05, 4.69) is 15.6 Å².